The van der Waals surface area contributed by atoms with Gasteiger partial charge in [0.15, 0.2) is 0 Å². The quantitative estimate of drug-likeness (QED) is 0.221. The Morgan fingerprint density at radius 3 is 2.63 bits per heavy atom. The number of hydrogen-bond acceptors (Lipinski definition) is 6. The van der Waals surface area contributed by atoms with E-state index in [1.54, 1.807) is 0 Å². The van der Waals surface area contributed by atoms with Crippen LogP contribution in [0.4, 0.5) is 4.79 Å². The number of urea groups is 1. The second-order valence-corrected chi connectivity index (χ2v) is 10.4. The Kier molecular flexibility index (Phi) is 12.3. The van der Waals surface area contributed by atoms with Gasteiger partial charge in [-0.2, -0.15) is 0 Å². The Hall–Kier alpha value is -2.65. The molecular weight excluding hydrogens is 482 g/mol. The van der Waals surface area contributed by atoms with Gasteiger partial charge in [0.2, 0.25) is 5.79 Å². The van der Waals surface area contributed by atoms with Gasteiger partial charge in [0.1, 0.15) is 5.75 Å². The number of ether oxygens (including phenoxy) is 3. The van der Waals surface area contributed by atoms with Crippen LogP contribution in [-0.2, 0) is 29.0 Å². The minimum Gasteiger partial charge on any atom is -0.463 e. The average Bonchev–Trinajstić information content (AvgIpc) is 2.89. The molecule has 1 aliphatic heterocycles. The van der Waals surface area contributed by atoms with Gasteiger partial charge in [-0.1, -0.05) is 43.2 Å². The minimum atomic E-state index is -0.608. The molecule has 0 saturated carbocycles. The number of primary amides is 1. The molecule has 0 bridgehead atoms. The highest BCUT2D eigenvalue weighted by molar-refractivity contribution is 5.71. The molecule has 0 fully saturated rings. The van der Waals surface area contributed by atoms with Crippen molar-refractivity contribution in [1.29, 1.82) is 0 Å². The first-order valence-corrected chi connectivity index (χ1v) is 13.9. The van der Waals surface area contributed by atoms with Gasteiger partial charge < -0.3 is 35.7 Å². The molecule has 8 heteroatoms. The number of benzene rings is 2. The first kappa shape index (κ1) is 29.9. The van der Waals surface area contributed by atoms with Crippen LogP contribution >= 0.6 is 0 Å². The number of carbonyl (C=O) groups is 1. The molecule has 1 aliphatic rings. The summed E-state index contributed by atoms with van der Waals surface area (Å²) in [4.78, 5) is 10.8. The summed E-state index contributed by atoms with van der Waals surface area (Å²) in [6, 6.07) is 13.6. The molecule has 0 spiro atoms. The first-order chi connectivity index (χ1) is 18.3. The highest BCUT2D eigenvalue weighted by Gasteiger charge is 2.27. The summed E-state index contributed by atoms with van der Waals surface area (Å²) in [6.45, 7) is 7.78. The van der Waals surface area contributed by atoms with Crippen molar-refractivity contribution in [2.75, 3.05) is 26.3 Å². The Balaban J connectivity index is 1.14. The van der Waals surface area contributed by atoms with Crippen molar-refractivity contribution < 1.29 is 24.1 Å². The van der Waals surface area contributed by atoms with Crippen molar-refractivity contribution in [3.05, 3.63) is 64.7 Å². The van der Waals surface area contributed by atoms with E-state index in [-0.39, 0.29) is 0 Å². The van der Waals surface area contributed by atoms with Crippen LogP contribution in [0.3, 0.4) is 0 Å². The third-order valence-corrected chi connectivity index (χ3v) is 6.59. The first-order valence-electron chi connectivity index (χ1n) is 13.9. The SMILES string of the molecule is CC1(C)OCc2cc([C@@H](O)CNCCCCCCOCCCCc3cccc(CNC(N)=O)c3)ccc2O1. The lowest BCUT2D eigenvalue weighted by atomic mass is 10.0. The van der Waals surface area contributed by atoms with Crippen molar-refractivity contribution in [3.63, 3.8) is 0 Å². The van der Waals surface area contributed by atoms with Gasteiger partial charge in [0, 0.05) is 45.7 Å². The number of nitrogens with one attached hydrogen (secondary N) is 2. The molecule has 1 heterocycles. The van der Waals surface area contributed by atoms with Gasteiger partial charge in [-0.3, -0.25) is 0 Å². The van der Waals surface area contributed by atoms with Crippen LogP contribution in [0.1, 0.15) is 80.7 Å². The van der Waals surface area contributed by atoms with E-state index in [2.05, 4.69) is 22.8 Å². The molecule has 5 N–H and O–H groups in total. The molecule has 38 heavy (non-hydrogen) atoms. The molecule has 8 nitrogen and oxygen atoms in total. The highest BCUT2D eigenvalue weighted by atomic mass is 16.7. The molecule has 0 saturated heterocycles. The number of aryl methyl sites for hydroxylation is 1. The lowest BCUT2D eigenvalue weighted by molar-refractivity contribution is -0.180. The maximum absolute atomic E-state index is 10.8. The van der Waals surface area contributed by atoms with E-state index in [1.807, 2.05) is 44.2 Å². The minimum absolute atomic E-state index is 0.463. The maximum atomic E-state index is 10.8. The number of fused-ring (bicyclic) bond motifs is 1. The fraction of sp³-hybridized carbons (Fsp3) is 0.567. The summed E-state index contributed by atoms with van der Waals surface area (Å²) in [6.07, 6.45) is 7.03. The molecule has 0 radical (unpaired) electrons. The summed E-state index contributed by atoms with van der Waals surface area (Å²) >= 11 is 0. The van der Waals surface area contributed by atoms with Gasteiger partial charge in [-0.15, -0.1) is 0 Å². The number of nitrogens with two attached hydrogens (primary N) is 1. The molecule has 3 rings (SSSR count). The van der Waals surface area contributed by atoms with Gasteiger partial charge in [-0.05, 0) is 67.5 Å². The molecule has 1 atom stereocenters. The number of carbonyl (C=O) groups excluding carboxylic acids is 1. The van der Waals surface area contributed by atoms with Crippen LogP contribution in [0.2, 0.25) is 0 Å². The smallest absolute Gasteiger partial charge is 0.312 e. The van der Waals surface area contributed by atoms with E-state index in [0.717, 1.165) is 87.1 Å². The van der Waals surface area contributed by atoms with E-state index < -0.39 is 17.9 Å². The van der Waals surface area contributed by atoms with E-state index in [4.69, 9.17) is 19.9 Å². The van der Waals surface area contributed by atoms with Crippen LogP contribution in [0.15, 0.2) is 42.5 Å². The fourth-order valence-electron chi connectivity index (χ4n) is 4.45. The average molecular weight is 528 g/mol. The van der Waals surface area contributed by atoms with Crippen molar-refractivity contribution >= 4 is 6.03 Å². The normalized spacial score (nSPS) is 14.9. The van der Waals surface area contributed by atoms with Crippen molar-refractivity contribution in [2.45, 2.75) is 83.8 Å². The topological polar surface area (TPSA) is 115 Å². The van der Waals surface area contributed by atoms with E-state index in [1.165, 1.54) is 5.56 Å². The van der Waals surface area contributed by atoms with E-state index in [0.29, 0.717) is 19.7 Å². The second-order valence-electron chi connectivity index (χ2n) is 10.4. The van der Waals surface area contributed by atoms with Crippen LogP contribution in [0.5, 0.6) is 5.75 Å². The monoisotopic (exact) mass is 527 g/mol. The highest BCUT2D eigenvalue weighted by Crippen LogP contribution is 2.32. The largest absolute Gasteiger partial charge is 0.463 e. The second kappa shape index (κ2) is 15.7. The molecule has 2 amide bonds. The maximum Gasteiger partial charge on any atom is 0.312 e. The lowest BCUT2D eigenvalue weighted by Gasteiger charge is -2.33. The van der Waals surface area contributed by atoms with Gasteiger partial charge >= 0.3 is 6.03 Å². The summed E-state index contributed by atoms with van der Waals surface area (Å²) in [5.74, 6) is 0.218. The number of unbranched alkanes of at least 4 members (excludes halogenated alkanes) is 4. The Labute approximate surface area is 227 Å². The van der Waals surface area contributed by atoms with Crippen molar-refractivity contribution in [1.82, 2.24) is 10.6 Å². The summed E-state index contributed by atoms with van der Waals surface area (Å²) in [7, 11) is 0. The zero-order valence-electron chi connectivity index (χ0n) is 23.0. The summed E-state index contributed by atoms with van der Waals surface area (Å²) in [5, 5.41) is 16.5. The molecule has 0 aliphatic carbocycles. The lowest BCUT2D eigenvalue weighted by Crippen LogP contribution is -2.35. The molecule has 2 aromatic rings. The zero-order chi connectivity index (χ0) is 27.2. The predicted octanol–water partition coefficient (Wildman–Crippen LogP) is 4.72. The predicted molar refractivity (Wildman–Crippen MR) is 149 cm³/mol. The summed E-state index contributed by atoms with van der Waals surface area (Å²) in [5.41, 5.74) is 9.32. The third kappa shape index (κ3) is 11.0. The number of rotatable bonds is 17. The number of hydrogen-bond donors (Lipinski definition) is 4. The van der Waals surface area contributed by atoms with Crippen LogP contribution < -0.4 is 21.1 Å². The number of aliphatic hydroxyl groups is 1. The number of amides is 2. The summed E-state index contributed by atoms with van der Waals surface area (Å²) < 4.78 is 17.3. The van der Waals surface area contributed by atoms with Crippen LogP contribution in [-0.4, -0.2) is 43.2 Å². The Bertz CT molecular complexity index is 998. The zero-order valence-corrected chi connectivity index (χ0v) is 23.0. The van der Waals surface area contributed by atoms with Gasteiger partial charge in [0.05, 0.1) is 12.7 Å². The van der Waals surface area contributed by atoms with Crippen molar-refractivity contribution in [3.8, 4) is 5.75 Å². The third-order valence-electron chi connectivity index (χ3n) is 6.59. The number of aliphatic hydroxyl groups excluding tert-OH is 1. The van der Waals surface area contributed by atoms with Gasteiger partial charge in [0.25, 0.3) is 0 Å². The van der Waals surface area contributed by atoms with Crippen molar-refractivity contribution in [2.24, 2.45) is 5.73 Å². The fourth-order valence-corrected chi connectivity index (χ4v) is 4.45. The van der Waals surface area contributed by atoms with E-state index in [9.17, 15) is 9.90 Å². The molecular formula is C30H45N3O5. The van der Waals surface area contributed by atoms with Crippen LogP contribution in [0.25, 0.3) is 0 Å². The van der Waals surface area contributed by atoms with Crippen LogP contribution in [0, 0.1) is 0 Å². The molecule has 2 aromatic carbocycles. The molecule has 0 unspecified atom stereocenters. The Morgan fingerprint density at radius 2 is 1.82 bits per heavy atom. The molecule has 210 valence electrons. The van der Waals surface area contributed by atoms with E-state index >= 15 is 0 Å². The molecule has 0 aromatic heterocycles. The Morgan fingerprint density at radius 1 is 1.05 bits per heavy atom. The van der Waals surface area contributed by atoms with Gasteiger partial charge in [-0.25, -0.2) is 4.79 Å². The standard InChI is InChI=1S/C30H45N3O5/c1-30(2)37-22-26-19-25(13-14-28(26)38-30)27(34)21-32-15-6-3-4-7-16-36-17-8-5-10-23-11-9-12-24(18-23)20-33-29(31)35/h9,11-14,18-19,27,32,34H,3-8,10,15-17,20-22H2,1-2H3,(H3,31,33,35)/t27-/m0/s1.